The molecular weight excluding hydrogens is 1350 g/mol. The fourth-order valence-corrected chi connectivity index (χ4v) is 8.01. The van der Waals surface area contributed by atoms with E-state index >= 15 is 0 Å². The van der Waals surface area contributed by atoms with Crippen molar-refractivity contribution in [2.45, 2.75) is 58.1 Å². The van der Waals surface area contributed by atoms with Gasteiger partial charge in [0.05, 0.1) is 22.7 Å². The topological polar surface area (TPSA) is 93.6 Å². The summed E-state index contributed by atoms with van der Waals surface area (Å²) in [7, 11) is -1.89. The third-order valence-corrected chi connectivity index (χ3v) is 13.5. The zero-order valence-electron chi connectivity index (χ0n) is 29.1. The molecule has 3 heterocycles. The molecule has 2 N–H and O–H groups in total. The van der Waals surface area contributed by atoms with Gasteiger partial charge in [-0.2, -0.15) is 15.3 Å². The van der Waals surface area contributed by atoms with Gasteiger partial charge in [-0.15, -0.1) is 0 Å². The maximum absolute atomic E-state index is 5.77. The Balaban J connectivity index is 0.000000243. The Morgan fingerprint density at radius 2 is 1.33 bits per heavy atom. The molecule has 0 atom stereocenters. The van der Waals surface area contributed by atoms with E-state index in [1.54, 1.807) is 6.20 Å². The predicted molar refractivity (Wildman–Crippen MR) is 267 cm³/mol. The number of aromatic amines is 2. The highest BCUT2D eigenvalue weighted by Gasteiger charge is 2.13. The Hall–Kier alpha value is 1.07. The van der Waals surface area contributed by atoms with Crippen LogP contribution in [0.15, 0.2) is 74.2 Å². The van der Waals surface area contributed by atoms with Gasteiger partial charge < -0.3 is 9.47 Å². The van der Waals surface area contributed by atoms with Gasteiger partial charge in [-0.25, -0.2) is 4.68 Å². The summed E-state index contributed by atoms with van der Waals surface area (Å²) in [6.45, 7) is 16.2. The largest absolute Gasteiger partial charge is 0.366 e. The van der Waals surface area contributed by atoms with E-state index < -0.39 is 16.1 Å². The summed E-state index contributed by atoms with van der Waals surface area (Å²) >= 11 is 24.3. The molecule has 8 nitrogen and oxygen atoms in total. The molecule has 0 aliphatic carbocycles. The molecule has 51 heavy (non-hydrogen) atoms. The second-order valence-electron chi connectivity index (χ2n) is 13.4. The number of fused-ring (bicyclic) bond motifs is 3. The average Bonchev–Trinajstić information content (AvgIpc) is 3.77. The van der Waals surface area contributed by atoms with E-state index in [-0.39, 0.29) is 0 Å². The van der Waals surface area contributed by atoms with Crippen LogP contribution in [0, 0.1) is 7.40 Å². The van der Waals surface area contributed by atoms with Crippen molar-refractivity contribution >= 4 is 191 Å². The lowest BCUT2D eigenvalue weighted by molar-refractivity contribution is 0.0814. The van der Waals surface area contributed by atoms with Crippen molar-refractivity contribution in [2.24, 2.45) is 0 Å². The highest BCUT2D eigenvalue weighted by molar-refractivity contribution is 15.0. The van der Waals surface area contributed by atoms with E-state index in [0.717, 1.165) is 56.0 Å². The standard InChI is InChI=1S/C13H18BrIN2OSi.C7H4BrIN2.C7H5BrN2.C6H15ClOSi.I2/c1-19(2,3)7-6-18-9-17-12-5-4-10(14)8-11(12)13(15)16-17;8-4-1-2-6-5(3-4)7(9)11-10-6;8-6-1-2-7-5(3-6)4-9-10-7;1-9(2,3)5-4-8-6-7;1-2/h4-5,8H,6-7,9H2,1-3H3;1-3H,(H,10,11);1-4H,(H,9,10);4-6H2,1-3H3;. The summed E-state index contributed by atoms with van der Waals surface area (Å²) in [5.74, 6) is 0. The number of hydrogen-bond acceptors (Lipinski definition) is 5. The molecule has 0 saturated heterocycles. The number of rotatable bonds is 9. The molecule has 0 aliphatic rings. The van der Waals surface area contributed by atoms with Crippen LogP contribution in [-0.4, -0.2) is 65.6 Å². The first kappa shape index (κ1) is 48.2. The number of ether oxygens (including phenoxy) is 2. The summed E-state index contributed by atoms with van der Waals surface area (Å²) in [6, 6.07) is 21.0. The van der Waals surface area contributed by atoms with Crippen LogP contribution in [0.2, 0.25) is 51.4 Å². The van der Waals surface area contributed by atoms with E-state index in [4.69, 9.17) is 21.1 Å². The molecule has 6 aromatic rings. The molecule has 18 heteroatoms. The van der Waals surface area contributed by atoms with Gasteiger partial charge >= 0.3 is 0 Å². The molecule has 6 rings (SSSR count). The quantitative estimate of drug-likeness (QED) is 0.0651. The van der Waals surface area contributed by atoms with E-state index in [1.807, 2.05) is 41.1 Å². The van der Waals surface area contributed by atoms with Crippen LogP contribution in [0.4, 0.5) is 0 Å². The summed E-state index contributed by atoms with van der Waals surface area (Å²) in [5.41, 5.74) is 3.21. The number of alkyl halides is 1. The zero-order chi connectivity index (χ0) is 38.2. The number of nitrogens with zero attached hydrogens (tertiary/aromatic N) is 4. The number of hydrogen-bond donors (Lipinski definition) is 2. The normalized spacial score (nSPS) is 11.2. The van der Waals surface area contributed by atoms with Crippen molar-refractivity contribution in [2.75, 3.05) is 19.3 Å². The molecule has 3 aromatic carbocycles. The lowest BCUT2D eigenvalue weighted by Crippen LogP contribution is -2.22. The fourth-order valence-electron chi connectivity index (χ4n) is 4.04. The minimum atomic E-state index is -1.01. The fraction of sp³-hybridized carbons (Fsp3) is 0.364. The summed E-state index contributed by atoms with van der Waals surface area (Å²) < 4.78 is 18.1. The first-order chi connectivity index (χ1) is 24.1. The van der Waals surface area contributed by atoms with Gasteiger partial charge in [0.15, 0.2) is 0 Å². The maximum atomic E-state index is 5.77. The van der Waals surface area contributed by atoms with Crippen molar-refractivity contribution in [1.82, 2.24) is 30.2 Å². The van der Waals surface area contributed by atoms with Gasteiger partial charge in [0.1, 0.15) is 20.2 Å². The number of benzene rings is 3. The van der Waals surface area contributed by atoms with Gasteiger partial charge in [0, 0.05) is 96.2 Å². The van der Waals surface area contributed by atoms with Crippen LogP contribution in [0.1, 0.15) is 0 Å². The molecule has 0 saturated carbocycles. The molecule has 0 radical (unpaired) electrons. The van der Waals surface area contributed by atoms with Crippen molar-refractivity contribution in [1.29, 1.82) is 0 Å². The van der Waals surface area contributed by atoms with Crippen molar-refractivity contribution in [3.63, 3.8) is 0 Å². The van der Waals surface area contributed by atoms with Gasteiger partial charge in [0.25, 0.3) is 0 Å². The van der Waals surface area contributed by atoms with Gasteiger partial charge in [-0.3, -0.25) is 10.2 Å². The SMILES string of the molecule is Brc1ccc2[nH]ncc2c1.Brc1ccc2n[nH]c(I)c2c1.C[Si](C)(C)CCOCCl.C[Si](C)(C)CCOCn1nc(I)c2cc(Br)ccc21.II. The lowest BCUT2D eigenvalue weighted by Gasteiger charge is -2.15. The Labute approximate surface area is 383 Å². The molecule has 0 aliphatic heterocycles. The molecule has 0 unspecified atom stereocenters. The summed E-state index contributed by atoms with van der Waals surface area (Å²) in [5, 5.41) is 21.8. The molecule has 0 amide bonds. The number of nitrogens with one attached hydrogen (secondary N) is 2. The predicted octanol–water partition coefficient (Wildman–Crippen LogP) is 14.3. The minimum absolute atomic E-state index is 0.338. The van der Waals surface area contributed by atoms with Crippen molar-refractivity contribution in [3.05, 3.63) is 81.6 Å². The smallest absolute Gasteiger partial charge is 0.140 e. The Bertz CT molecular complexity index is 1920. The minimum Gasteiger partial charge on any atom is -0.366 e. The van der Waals surface area contributed by atoms with E-state index in [9.17, 15) is 0 Å². The van der Waals surface area contributed by atoms with Crippen molar-refractivity contribution in [3.8, 4) is 0 Å². The summed E-state index contributed by atoms with van der Waals surface area (Å²) in [6.07, 6.45) is 1.81. The Morgan fingerprint density at radius 1 is 0.765 bits per heavy atom. The number of halogens is 8. The number of aromatic nitrogens is 6. The van der Waals surface area contributed by atoms with Gasteiger partial charge in [-0.05, 0) is 112 Å². The van der Waals surface area contributed by atoms with Crippen LogP contribution in [0.5, 0.6) is 0 Å². The third kappa shape index (κ3) is 18.7. The second-order valence-corrected chi connectivity index (χ2v) is 29.7. The molecule has 3 aromatic heterocycles. The average molecular weight is 1390 g/mol. The molecule has 0 fully saturated rings. The highest BCUT2D eigenvalue weighted by Crippen LogP contribution is 2.25. The van der Waals surface area contributed by atoms with E-state index in [0.29, 0.717) is 12.8 Å². The Morgan fingerprint density at radius 3 is 1.96 bits per heavy atom. The van der Waals surface area contributed by atoms with Crippen LogP contribution >= 0.6 is 142 Å². The Kier molecular flexibility index (Phi) is 23.3. The lowest BCUT2D eigenvalue weighted by atomic mass is 10.3. The van der Waals surface area contributed by atoms with Crippen LogP contribution in [0.3, 0.4) is 0 Å². The van der Waals surface area contributed by atoms with Crippen LogP contribution < -0.4 is 0 Å². The van der Waals surface area contributed by atoms with Gasteiger partial charge in [0.2, 0.25) is 0 Å². The maximum Gasteiger partial charge on any atom is 0.140 e. The summed E-state index contributed by atoms with van der Waals surface area (Å²) in [4.78, 5) is 0. The molecule has 0 spiro atoms. The number of H-pyrrole nitrogens is 2. The van der Waals surface area contributed by atoms with Crippen LogP contribution in [-0.2, 0) is 16.2 Å². The van der Waals surface area contributed by atoms with E-state index in [1.165, 1.54) is 22.9 Å². The van der Waals surface area contributed by atoms with Crippen molar-refractivity contribution < 1.29 is 9.47 Å². The zero-order valence-corrected chi connectivity index (χ0v) is 45.3. The molecule has 0 bridgehead atoms. The highest BCUT2D eigenvalue weighted by atomic mass is 128. The second kappa shape index (κ2) is 24.7. The third-order valence-electron chi connectivity index (χ3n) is 6.82. The first-order valence-electron chi connectivity index (χ1n) is 15.6. The van der Waals surface area contributed by atoms with Crippen LogP contribution in [0.25, 0.3) is 32.7 Å². The van der Waals surface area contributed by atoms with Gasteiger partial charge in [-0.1, -0.05) is 98.7 Å². The molecule has 280 valence electrons. The monoisotopic (exact) mass is 1390 g/mol. The van der Waals surface area contributed by atoms with E-state index in [2.05, 4.69) is 213 Å². The first-order valence-corrected chi connectivity index (χ1v) is 34.4. The molecular formula is C33H42Br3ClI4N6O2Si2.